The second kappa shape index (κ2) is 6.57. The van der Waals surface area contributed by atoms with Crippen LogP contribution in [0.25, 0.3) is 10.9 Å². The Kier molecular flexibility index (Phi) is 4.34. The number of para-hydroxylation sites is 1. The maximum absolute atomic E-state index is 10.1. The zero-order chi connectivity index (χ0) is 14.5. The molecule has 0 amide bonds. The Balaban J connectivity index is 1.50. The standard InChI is InChI=1S/C18H20N2O/c21-18(14-6-2-1-3-7-14)13-19-11-10-15-12-20-17-9-5-4-8-16(15)17/h1-9,12,18-21H,10-11,13H2/t18-/m0/s1. The molecule has 3 nitrogen and oxygen atoms in total. The van der Waals surface area contributed by atoms with Crippen molar-refractivity contribution in [2.24, 2.45) is 0 Å². The lowest BCUT2D eigenvalue weighted by Gasteiger charge is -2.11. The number of aromatic amines is 1. The van der Waals surface area contributed by atoms with Gasteiger partial charge in [-0.3, -0.25) is 0 Å². The van der Waals surface area contributed by atoms with Crippen molar-refractivity contribution in [3.8, 4) is 0 Å². The van der Waals surface area contributed by atoms with Gasteiger partial charge in [-0.1, -0.05) is 48.5 Å². The molecule has 3 heteroatoms. The second-order valence-electron chi connectivity index (χ2n) is 5.24. The summed E-state index contributed by atoms with van der Waals surface area (Å²) in [4.78, 5) is 3.29. The number of aromatic nitrogens is 1. The molecule has 1 heterocycles. The van der Waals surface area contributed by atoms with E-state index >= 15 is 0 Å². The molecular formula is C18H20N2O. The van der Waals surface area contributed by atoms with Crippen LogP contribution < -0.4 is 5.32 Å². The van der Waals surface area contributed by atoms with Crippen LogP contribution in [-0.4, -0.2) is 23.2 Å². The molecule has 0 aliphatic rings. The van der Waals surface area contributed by atoms with Gasteiger partial charge in [-0.2, -0.15) is 0 Å². The van der Waals surface area contributed by atoms with E-state index in [0.29, 0.717) is 6.54 Å². The third-order valence-electron chi connectivity index (χ3n) is 3.77. The van der Waals surface area contributed by atoms with Gasteiger partial charge in [-0.05, 0) is 30.2 Å². The summed E-state index contributed by atoms with van der Waals surface area (Å²) in [5.74, 6) is 0. The number of benzene rings is 2. The lowest BCUT2D eigenvalue weighted by atomic mass is 10.1. The predicted molar refractivity (Wildman–Crippen MR) is 86.3 cm³/mol. The van der Waals surface area contributed by atoms with Crippen molar-refractivity contribution in [3.63, 3.8) is 0 Å². The molecule has 0 aliphatic carbocycles. The van der Waals surface area contributed by atoms with Crippen molar-refractivity contribution >= 4 is 10.9 Å². The van der Waals surface area contributed by atoms with E-state index in [2.05, 4.69) is 34.7 Å². The van der Waals surface area contributed by atoms with Crippen LogP contribution in [0.2, 0.25) is 0 Å². The normalized spacial score (nSPS) is 12.6. The smallest absolute Gasteiger partial charge is 0.0914 e. The largest absolute Gasteiger partial charge is 0.387 e. The average Bonchev–Trinajstić information content (AvgIpc) is 2.95. The quantitative estimate of drug-likeness (QED) is 0.608. The first-order chi connectivity index (χ1) is 10.3. The third kappa shape index (κ3) is 3.32. The number of H-pyrrole nitrogens is 1. The highest BCUT2D eigenvalue weighted by molar-refractivity contribution is 5.83. The van der Waals surface area contributed by atoms with Gasteiger partial charge in [-0.25, -0.2) is 0 Å². The van der Waals surface area contributed by atoms with Crippen molar-refractivity contribution in [1.82, 2.24) is 10.3 Å². The molecule has 108 valence electrons. The van der Waals surface area contributed by atoms with Crippen LogP contribution in [0.4, 0.5) is 0 Å². The molecule has 0 aliphatic heterocycles. The average molecular weight is 280 g/mol. The zero-order valence-electron chi connectivity index (χ0n) is 11.9. The van der Waals surface area contributed by atoms with E-state index in [-0.39, 0.29) is 0 Å². The maximum Gasteiger partial charge on any atom is 0.0914 e. The molecule has 0 unspecified atom stereocenters. The fourth-order valence-corrected chi connectivity index (χ4v) is 2.59. The van der Waals surface area contributed by atoms with E-state index < -0.39 is 6.10 Å². The van der Waals surface area contributed by atoms with Gasteiger partial charge in [0, 0.05) is 23.6 Å². The van der Waals surface area contributed by atoms with Crippen molar-refractivity contribution < 1.29 is 5.11 Å². The van der Waals surface area contributed by atoms with Crippen molar-refractivity contribution in [2.45, 2.75) is 12.5 Å². The van der Waals surface area contributed by atoms with Crippen LogP contribution in [0.15, 0.2) is 60.8 Å². The molecule has 0 fully saturated rings. The lowest BCUT2D eigenvalue weighted by Crippen LogP contribution is -2.23. The second-order valence-corrected chi connectivity index (χ2v) is 5.24. The number of hydrogen-bond donors (Lipinski definition) is 3. The first kappa shape index (κ1) is 13.9. The highest BCUT2D eigenvalue weighted by atomic mass is 16.3. The molecule has 1 aromatic heterocycles. The van der Waals surface area contributed by atoms with E-state index in [0.717, 1.165) is 18.5 Å². The van der Waals surface area contributed by atoms with Gasteiger partial charge >= 0.3 is 0 Å². The first-order valence-corrected chi connectivity index (χ1v) is 7.33. The van der Waals surface area contributed by atoms with Gasteiger partial charge in [0.2, 0.25) is 0 Å². The summed E-state index contributed by atoms with van der Waals surface area (Å²) in [6, 6.07) is 18.1. The zero-order valence-corrected chi connectivity index (χ0v) is 11.9. The monoisotopic (exact) mass is 280 g/mol. The summed E-state index contributed by atoms with van der Waals surface area (Å²) in [5.41, 5.74) is 3.45. The molecule has 3 N–H and O–H groups in total. The number of aliphatic hydroxyl groups excluding tert-OH is 1. The maximum atomic E-state index is 10.1. The molecule has 3 aromatic rings. The van der Waals surface area contributed by atoms with Gasteiger partial charge in [0.05, 0.1) is 6.10 Å². The number of aliphatic hydroxyl groups is 1. The Hall–Kier alpha value is -2.10. The number of rotatable bonds is 6. The summed E-state index contributed by atoms with van der Waals surface area (Å²) in [6.45, 7) is 1.43. The molecule has 0 spiro atoms. The fourth-order valence-electron chi connectivity index (χ4n) is 2.59. The summed E-state index contributed by atoms with van der Waals surface area (Å²) in [5, 5.41) is 14.7. The fraction of sp³-hybridized carbons (Fsp3) is 0.222. The van der Waals surface area contributed by atoms with Crippen LogP contribution in [0.1, 0.15) is 17.2 Å². The van der Waals surface area contributed by atoms with E-state index in [1.54, 1.807) is 0 Å². The van der Waals surface area contributed by atoms with E-state index in [1.807, 2.05) is 36.4 Å². The van der Waals surface area contributed by atoms with Crippen LogP contribution >= 0.6 is 0 Å². The van der Waals surface area contributed by atoms with Gasteiger partial charge in [0.15, 0.2) is 0 Å². The van der Waals surface area contributed by atoms with Crippen molar-refractivity contribution in [1.29, 1.82) is 0 Å². The van der Waals surface area contributed by atoms with E-state index in [1.165, 1.54) is 16.5 Å². The minimum atomic E-state index is -0.450. The molecular weight excluding hydrogens is 260 g/mol. The van der Waals surface area contributed by atoms with Crippen LogP contribution in [0.5, 0.6) is 0 Å². The predicted octanol–water partition coefficient (Wildman–Crippen LogP) is 3.03. The van der Waals surface area contributed by atoms with Crippen LogP contribution in [0.3, 0.4) is 0 Å². The molecule has 3 rings (SSSR count). The van der Waals surface area contributed by atoms with Crippen molar-refractivity contribution in [2.75, 3.05) is 13.1 Å². The Labute approximate surface area is 124 Å². The van der Waals surface area contributed by atoms with Gasteiger partial charge in [0.25, 0.3) is 0 Å². The van der Waals surface area contributed by atoms with E-state index in [4.69, 9.17) is 0 Å². The summed E-state index contributed by atoms with van der Waals surface area (Å²) in [7, 11) is 0. The Morgan fingerprint density at radius 3 is 2.62 bits per heavy atom. The highest BCUT2D eigenvalue weighted by Gasteiger charge is 2.06. The van der Waals surface area contributed by atoms with Gasteiger partial charge in [0.1, 0.15) is 0 Å². The van der Waals surface area contributed by atoms with Crippen LogP contribution in [-0.2, 0) is 6.42 Å². The molecule has 1 atom stereocenters. The minimum Gasteiger partial charge on any atom is -0.387 e. The van der Waals surface area contributed by atoms with Crippen LogP contribution in [0, 0.1) is 0 Å². The highest BCUT2D eigenvalue weighted by Crippen LogP contribution is 2.17. The number of fused-ring (bicyclic) bond motifs is 1. The van der Waals surface area contributed by atoms with Gasteiger partial charge < -0.3 is 15.4 Å². The minimum absolute atomic E-state index is 0.450. The summed E-state index contributed by atoms with van der Waals surface area (Å²) >= 11 is 0. The summed E-state index contributed by atoms with van der Waals surface area (Å²) in [6.07, 6.45) is 2.57. The van der Waals surface area contributed by atoms with Crippen molar-refractivity contribution in [3.05, 3.63) is 71.9 Å². The molecule has 21 heavy (non-hydrogen) atoms. The molecule has 2 aromatic carbocycles. The van der Waals surface area contributed by atoms with E-state index in [9.17, 15) is 5.11 Å². The Morgan fingerprint density at radius 1 is 1.00 bits per heavy atom. The summed E-state index contributed by atoms with van der Waals surface area (Å²) < 4.78 is 0. The molecule has 0 bridgehead atoms. The Morgan fingerprint density at radius 2 is 1.76 bits per heavy atom. The number of nitrogens with one attached hydrogen (secondary N) is 2. The molecule has 0 saturated carbocycles. The Bertz CT molecular complexity index is 691. The third-order valence-corrected chi connectivity index (χ3v) is 3.77. The van der Waals surface area contributed by atoms with Gasteiger partial charge in [-0.15, -0.1) is 0 Å². The molecule has 0 radical (unpaired) electrons. The first-order valence-electron chi connectivity index (χ1n) is 7.33. The topological polar surface area (TPSA) is 48.0 Å². The SMILES string of the molecule is O[C@@H](CNCCc1c[nH]c2ccccc12)c1ccccc1. The molecule has 0 saturated heterocycles. The lowest BCUT2D eigenvalue weighted by molar-refractivity contribution is 0.175. The number of hydrogen-bond acceptors (Lipinski definition) is 2.